The molecule has 12 nitrogen and oxygen atoms in total. The number of esters is 1. The van der Waals surface area contributed by atoms with Crippen molar-refractivity contribution >= 4 is 35.5 Å². The maximum absolute atomic E-state index is 13.7. The van der Waals surface area contributed by atoms with Crippen molar-refractivity contribution in [1.82, 2.24) is 20.9 Å². The molecule has 0 radical (unpaired) electrons. The second-order valence-electron chi connectivity index (χ2n) is 12.0. The topological polar surface area (TPSA) is 177 Å². The molecule has 1 saturated heterocycles. The van der Waals surface area contributed by atoms with Crippen molar-refractivity contribution in [3.05, 3.63) is 0 Å². The van der Waals surface area contributed by atoms with Crippen molar-refractivity contribution in [2.75, 3.05) is 19.7 Å². The van der Waals surface area contributed by atoms with Crippen molar-refractivity contribution < 1.29 is 33.5 Å². The predicted molar refractivity (Wildman–Crippen MR) is 136 cm³/mol. The number of nitrogens with zero attached hydrogens (tertiary/aromatic N) is 1. The molecule has 3 rings (SSSR count). The fraction of sp³-hybridized carbons (Fsp3) is 0.769. The van der Waals surface area contributed by atoms with Crippen LogP contribution in [0, 0.1) is 23.2 Å². The second-order valence-corrected chi connectivity index (χ2v) is 12.0. The fourth-order valence-corrected chi connectivity index (χ4v) is 4.64. The largest absolute Gasteiger partial charge is 0.464 e. The average Bonchev–Trinajstić information content (AvgIpc) is 3.77. The van der Waals surface area contributed by atoms with Gasteiger partial charge >= 0.3 is 12.0 Å². The summed E-state index contributed by atoms with van der Waals surface area (Å²) in [5.41, 5.74) is 4.48. The summed E-state index contributed by atoms with van der Waals surface area (Å²) in [5, 5.41) is 7.76. The van der Waals surface area contributed by atoms with Gasteiger partial charge in [-0.1, -0.05) is 40.5 Å². The highest BCUT2D eigenvalue weighted by Gasteiger charge is 2.46. The second kappa shape index (κ2) is 12.1. The zero-order valence-electron chi connectivity index (χ0n) is 22.7. The number of hydrogen-bond acceptors (Lipinski definition) is 7. The zero-order valence-corrected chi connectivity index (χ0v) is 22.7. The van der Waals surface area contributed by atoms with E-state index < -0.39 is 59.0 Å². The Morgan fingerprint density at radius 2 is 1.61 bits per heavy atom. The number of Topliss-reactive ketones (excluding diaryl/α,β-unsaturated/α-hetero) is 1. The van der Waals surface area contributed by atoms with Crippen LogP contribution in [-0.2, 0) is 28.7 Å². The van der Waals surface area contributed by atoms with Crippen LogP contribution < -0.4 is 21.7 Å². The third-order valence-electron chi connectivity index (χ3n) is 7.35. The van der Waals surface area contributed by atoms with E-state index in [1.54, 1.807) is 20.8 Å². The molecule has 12 heteroatoms. The van der Waals surface area contributed by atoms with E-state index in [2.05, 4.69) is 16.0 Å². The number of carbonyl (C=O) groups is 6. The van der Waals surface area contributed by atoms with Crippen LogP contribution in [0.5, 0.6) is 0 Å². The van der Waals surface area contributed by atoms with Crippen LogP contribution in [0.4, 0.5) is 4.79 Å². The van der Waals surface area contributed by atoms with Crippen LogP contribution in [0.1, 0.15) is 66.2 Å². The van der Waals surface area contributed by atoms with Crippen LogP contribution in [0.15, 0.2) is 0 Å². The maximum atomic E-state index is 13.7. The Morgan fingerprint density at radius 1 is 0.974 bits per heavy atom. The average molecular weight is 536 g/mol. The van der Waals surface area contributed by atoms with Gasteiger partial charge in [0, 0.05) is 6.54 Å². The number of likely N-dealkylation sites (tertiary alicyclic amines) is 1. The van der Waals surface area contributed by atoms with E-state index in [4.69, 9.17) is 10.5 Å². The van der Waals surface area contributed by atoms with Gasteiger partial charge < -0.3 is 31.3 Å². The Kier molecular flexibility index (Phi) is 9.37. The number of amides is 5. The predicted octanol–water partition coefficient (Wildman–Crippen LogP) is 0.230. The van der Waals surface area contributed by atoms with Gasteiger partial charge in [0.15, 0.2) is 0 Å². The number of carbonyl (C=O) groups excluding carboxylic acids is 6. The van der Waals surface area contributed by atoms with Crippen LogP contribution in [0.2, 0.25) is 0 Å². The minimum atomic E-state index is -1.11. The Bertz CT molecular complexity index is 954. The van der Waals surface area contributed by atoms with Crippen molar-refractivity contribution in [2.24, 2.45) is 28.9 Å². The molecule has 0 aromatic heterocycles. The number of hydrogen-bond donors (Lipinski definition) is 4. The molecule has 4 atom stereocenters. The molecule has 2 aliphatic carbocycles. The molecule has 3 fully saturated rings. The van der Waals surface area contributed by atoms with Crippen LogP contribution >= 0.6 is 0 Å². The van der Waals surface area contributed by atoms with Gasteiger partial charge in [-0.2, -0.15) is 0 Å². The Hall–Kier alpha value is -3.18. The van der Waals surface area contributed by atoms with Crippen LogP contribution in [-0.4, -0.2) is 78.2 Å². The lowest BCUT2D eigenvalue weighted by molar-refractivity contribution is -0.144. The van der Waals surface area contributed by atoms with Crippen LogP contribution in [0.25, 0.3) is 0 Å². The van der Waals surface area contributed by atoms with Gasteiger partial charge in [0.2, 0.25) is 17.6 Å². The molecule has 212 valence electrons. The Labute approximate surface area is 223 Å². The minimum Gasteiger partial charge on any atom is -0.464 e. The summed E-state index contributed by atoms with van der Waals surface area (Å²) in [5.74, 6) is -3.05. The lowest BCUT2D eigenvalue weighted by Crippen LogP contribution is -2.60. The first-order valence-electron chi connectivity index (χ1n) is 13.4. The number of ketones is 1. The summed E-state index contributed by atoms with van der Waals surface area (Å²) in [4.78, 5) is 76.8. The Morgan fingerprint density at radius 3 is 2.16 bits per heavy atom. The number of ether oxygens (including phenoxy) is 1. The van der Waals surface area contributed by atoms with Crippen LogP contribution in [0.3, 0.4) is 0 Å². The molecule has 1 aliphatic heterocycles. The fourth-order valence-electron chi connectivity index (χ4n) is 4.64. The quantitative estimate of drug-likeness (QED) is 0.204. The van der Waals surface area contributed by atoms with Gasteiger partial charge in [-0.25, -0.2) is 4.79 Å². The molecule has 5 N–H and O–H groups in total. The van der Waals surface area contributed by atoms with Crippen molar-refractivity contribution in [3.63, 3.8) is 0 Å². The van der Waals surface area contributed by atoms with Crippen molar-refractivity contribution in [2.45, 2.75) is 84.3 Å². The summed E-state index contributed by atoms with van der Waals surface area (Å²) in [6.07, 6.45) is 4.79. The first-order valence-corrected chi connectivity index (χ1v) is 13.4. The van der Waals surface area contributed by atoms with E-state index in [-0.39, 0.29) is 18.4 Å². The van der Waals surface area contributed by atoms with E-state index >= 15 is 0 Å². The standard InChI is InChI=1S/C26H41N5O7/c1-14-9-10-31(19(14)23(35)29-17(11-15-5-6-15)20(33)22(27)34)24(36)21(26(2,3)4)30-25(37)28-12-18(32)38-13-16-7-8-16/h14-17,19,21H,5-13H2,1-4H3,(H2,27,34)(H,29,35)(H2,28,30,37)/t14?,17?,19-,21?/m0/s1. The highest BCUT2D eigenvalue weighted by atomic mass is 16.5. The summed E-state index contributed by atoms with van der Waals surface area (Å²) >= 11 is 0. The number of nitrogens with two attached hydrogens (primary N) is 1. The summed E-state index contributed by atoms with van der Waals surface area (Å²) in [6.45, 7) is 7.49. The van der Waals surface area contributed by atoms with Crippen molar-refractivity contribution in [3.8, 4) is 0 Å². The van der Waals surface area contributed by atoms with Gasteiger partial charge in [-0.05, 0) is 48.9 Å². The first kappa shape index (κ1) is 29.4. The number of nitrogens with one attached hydrogen (secondary N) is 3. The smallest absolute Gasteiger partial charge is 0.325 e. The van der Waals surface area contributed by atoms with Crippen molar-refractivity contribution in [1.29, 1.82) is 0 Å². The first-order chi connectivity index (χ1) is 17.8. The van der Waals surface area contributed by atoms with E-state index in [9.17, 15) is 28.8 Å². The van der Waals surface area contributed by atoms with Gasteiger partial charge in [-0.3, -0.25) is 24.0 Å². The molecule has 2 saturated carbocycles. The summed E-state index contributed by atoms with van der Waals surface area (Å²) in [7, 11) is 0. The Balaban J connectivity index is 1.65. The molecule has 0 aromatic carbocycles. The zero-order chi connectivity index (χ0) is 28.2. The third kappa shape index (κ3) is 8.16. The van der Waals surface area contributed by atoms with Gasteiger partial charge in [0.1, 0.15) is 18.6 Å². The molecular weight excluding hydrogens is 494 g/mol. The normalized spacial score (nSPS) is 22.7. The molecule has 38 heavy (non-hydrogen) atoms. The van der Waals surface area contributed by atoms with Gasteiger partial charge in [0.25, 0.3) is 5.91 Å². The van der Waals surface area contributed by atoms with E-state index in [1.807, 2.05) is 6.92 Å². The molecule has 1 heterocycles. The third-order valence-corrected chi connectivity index (χ3v) is 7.35. The minimum absolute atomic E-state index is 0.208. The maximum Gasteiger partial charge on any atom is 0.325 e. The number of urea groups is 1. The monoisotopic (exact) mass is 535 g/mol. The molecule has 0 spiro atoms. The molecule has 3 aliphatic rings. The highest BCUT2D eigenvalue weighted by Crippen LogP contribution is 2.34. The molecule has 0 aromatic rings. The molecule has 3 unspecified atom stereocenters. The van der Waals surface area contributed by atoms with Gasteiger partial charge in [-0.15, -0.1) is 0 Å². The lowest BCUT2D eigenvalue weighted by atomic mass is 9.85. The summed E-state index contributed by atoms with van der Waals surface area (Å²) < 4.78 is 5.11. The lowest BCUT2D eigenvalue weighted by Gasteiger charge is -2.36. The molecule has 5 amide bonds. The molecule has 0 bridgehead atoms. The highest BCUT2D eigenvalue weighted by molar-refractivity contribution is 6.37. The van der Waals surface area contributed by atoms with Gasteiger partial charge in [0.05, 0.1) is 12.6 Å². The van der Waals surface area contributed by atoms with E-state index in [1.165, 1.54) is 4.90 Å². The van der Waals surface area contributed by atoms with E-state index in [0.717, 1.165) is 25.7 Å². The summed E-state index contributed by atoms with van der Waals surface area (Å²) in [6, 6.07) is -3.61. The molecular formula is C26H41N5O7. The number of rotatable bonds is 12. The SMILES string of the molecule is CC1CCN(C(=O)C(NC(=O)NCC(=O)OCC2CC2)C(C)(C)C)[C@@H]1C(=O)NC(CC1CC1)C(=O)C(N)=O. The van der Waals surface area contributed by atoms with E-state index in [0.29, 0.717) is 31.9 Å². The number of primary amides is 1.